The molecule has 206 valence electrons. The number of amides is 1. The minimum Gasteiger partial charge on any atom is -0.330 e. The first-order valence-corrected chi connectivity index (χ1v) is 14.3. The number of hydrogen-bond donors (Lipinski definition) is 0. The van der Waals surface area contributed by atoms with Crippen molar-refractivity contribution in [3.05, 3.63) is 78.8 Å². The number of hydrogen-bond acceptors (Lipinski definition) is 6. The van der Waals surface area contributed by atoms with Gasteiger partial charge in [-0.1, -0.05) is 24.3 Å². The fraction of sp³-hybridized carbons (Fsp3) is 0.250. The summed E-state index contributed by atoms with van der Waals surface area (Å²) in [5.41, 5.74) is 3.67. The number of fused-ring (bicyclic) bond motifs is 2. The number of halogens is 1. The van der Waals surface area contributed by atoms with Gasteiger partial charge in [-0.25, -0.2) is 27.3 Å². The first-order chi connectivity index (χ1) is 19.1. The molecule has 6 rings (SSSR count). The fourth-order valence-electron chi connectivity index (χ4n) is 5.25. The Kier molecular flexibility index (Phi) is 6.31. The summed E-state index contributed by atoms with van der Waals surface area (Å²) >= 11 is 0. The van der Waals surface area contributed by atoms with Crippen LogP contribution in [0.15, 0.2) is 72.0 Å². The Hall–Kier alpha value is -4.29. The minimum atomic E-state index is -3.92. The molecule has 0 radical (unpaired) electrons. The summed E-state index contributed by atoms with van der Waals surface area (Å²) in [6, 6.07) is 12.8. The van der Waals surface area contributed by atoms with Gasteiger partial charge in [0.15, 0.2) is 0 Å². The van der Waals surface area contributed by atoms with E-state index in [2.05, 4.69) is 15.0 Å². The first-order valence-electron chi connectivity index (χ1n) is 12.8. The van der Waals surface area contributed by atoms with Crippen LogP contribution in [0.3, 0.4) is 0 Å². The molecule has 1 fully saturated rings. The molecule has 12 heteroatoms. The highest BCUT2D eigenvalue weighted by molar-refractivity contribution is 7.89. The summed E-state index contributed by atoms with van der Waals surface area (Å²) in [7, 11) is -0.696. The van der Waals surface area contributed by atoms with E-state index in [0.717, 1.165) is 28.0 Å². The molecule has 0 bridgehead atoms. The predicted octanol–water partition coefficient (Wildman–Crippen LogP) is 3.67. The zero-order chi connectivity index (χ0) is 28.2. The standard InChI is InChI=1S/C28H28FN7O3S/c1-19-31-24-17-30-11-10-25(24)36(19)33-12-14-34(15-13-33)40(38,39)27-18-35(28(37)32(2)3)26-16-21(6-9-23(26)27)20-4-7-22(29)8-5-20/h4-11,16-18H,12-15H2,1-3H3. The number of carbonyl (C=O) groups excluding carboxylic acids is 1. The van der Waals surface area contributed by atoms with E-state index in [1.807, 2.05) is 17.7 Å². The van der Waals surface area contributed by atoms with E-state index in [9.17, 15) is 17.6 Å². The molecule has 1 amide bonds. The zero-order valence-corrected chi connectivity index (χ0v) is 23.1. The summed E-state index contributed by atoms with van der Waals surface area (Å²) < 4.78 is 46.3. The molecule has 0 saturated carbocycles. The smallest absolute Gasteiger partial charge is 0.328 e. The molecule has 1 aliphatic heterocycles. The van der Waals surface area contributed by atoms with Gasteiger partial charge in [-0.15, -0.1) is 0 Å². The van der Waals surface area contributed by atoms with Gasteiger partial charge in [0.2, 0.25) is 10.0 Å². The molecule has 1 aliphatic rings. The highest BCUT2D eigenvalue weighted by atomic mass is 32.2. The number of carbonyl (C=O) groups is 1. The normalized spacial score (nSPS) is 14.8. The maximum absolute atomic E-state index is 14.0. The molecular formula is C28H28FN7O3S. The third kappa shape index (κ3) is 4.29. The van der Waals surface area contributed by atoms with E-state index in [1.165, 1.54) is 32.1 Å². The molecule has 0 atom stereocenters. The summed E-state index contributed by atoms with van der Waals surface area (Å²) in [4.78, 5) is 23.3. The van der Waals surface area contributed by atoms with Crippen molar-refractivity contribution >= 4 is 38.0 Å². The van der Waals surface area contributed by atoms with E-state index in [0.29, 0.717) is 24.0 Å². The van der Waals surface area contributed by atoms with Gasteiger partial charge < -0.3 is 9.91 Å². The van der Waals surface area contributed by atoms with Crippen LogP contribution >= 0.6 is 0 Å². The number of rotatable bonds is 4. The molecule has 0 spiro atoms. The lowest BCUT2D eigenvalue weighted by Gasteiger charge is -2.36. The van der Waals surface area contributed by atoms with Crippen LogP contribution in [0.25, 0.3) is 33.1 Å². The number of piperazine rings is 1. The number of benzene rings is 2. The molecule has 1 saturated heterocycles. The largest absolute Gasteiger partial charge is 0.330 e. The average molecular weight is 562 g/mol. The molecule has 0 unspecified atom stereocenters. The van der Waals surface area contributed by atoms with E-state index in [1.54, 1.807) is 56.8 Å². The number of sulfonamides is 1. The van der Waals surface area contributed by atoms with Crippen molar-refractivity contribution in [2.24, 2.45) is 0 Å². The second-order valence-electron chi connectivity index (χ2n) is 9.97. The molecule has 0 N–H and O–H groups in total. The Labute approximate surface area is 230 Å². The molecule has 40 heavy (non-hydrogen) atoms. The second kappa shape index (κ2) is 9.72. The summed E-state index contributed by atoms with van der Waals surface area (Å²) in [5.74, 6) is 0.458. The Morgan fingerprint density at radius 3 is 2.35 bits per heavy atom. The van der Waals surface area contributed by atoms with Crippen LogP contribution in [0.2, 0.25) is 0 Å². The maximum atomic E-state index is 14.0. The lowest BCUT2D eigenvalue weighted by atomic mass is 10.0. The average Bonchev–Trinajstić information content (AvgIpc) is 3.50. The molecule has 4 heterocycles. The molecule has 10 nitrogen and oxygen atoms in total. The van der Waals surface area contributed by atoms with Gasteiger partial charge in [0, 0.05) is 58.1 Å². The molecule has 0 aliphatic carbocycles. The van der Waals surface area contributed by atoms with Gasteiger partial charge in [-0.05, 0) is 42.3 Å². The van der Waals surface area contributed by atoms with Crippen LogP contribution in [0.1, 0.15) is 5.82 Å². The van der Waals surface area contributed by atoms with Crippen molar-refractivity contribution in [2.75, 3.05) is 45.3 Å². The van der Waals surface area contributed by atoms with Gasteiger partial charge in [-0.2, -0.15) is 4.31 Å². The van der Waals surface area contributed by atoms with Crippen LogP contribution in [0, 0.1) is 12.7 Å². The summed E-state index contributed by atoms with van der Waals surface area (Å²) in [6.45, 7) is 3.40. The lowest BCUT2D eigenvalue weighted by Crippen LogP contribution is -2.52. The van der Waals surface area contributed by atoms with Crippen LogP contribution in [0.4, 0.5) is 9.18 Å². The fourth-order valence-corrected chi connectivity index (χ4v) is 6.86. The van der Waals surface area contributed by atoms with Gasteiger partial charge in [-0.3, -0.25) is 9.55 Å². The lowest BCUT2D eigenvalue weighted by molar-refractivity contribution is 0.220. The Morgan fingerprint density at radius 2 is 1.65 bits per heavy atom. The Bertz CT molecular complexity index is 1850. The summed E-state index contributed by atoms with van der Waals surface area (Å²) in [6.07, 6.45) is 4.84. The van der Waals surface area contributed by atoms with E-state index >= 15 is 0 Å². The zero-order valence-electron chi connectivity index (χ0n) is 22.3. The predicted molar refractivity (Wildman–Crippen MR) is 151 cm³/mol. The van der Waals surface area contributed by atoms with Gasteiger partial charge in [0.1, 0.15) is 22.1 Å². The number of imidazole rings is 1. The first kappa shape index (κ1) is 26.0. The molecule has 3 aromatic heterocycles. The van der Waals surface area contributed by atoms with Crippen molar-refractivity contribution in [3.63, 3.8) is 0 Å². The Balaban J connectivity index is 1.35. The van der Waals surface area contributed by atoms with E-state index in [4.69, 9.17) is 0 Å². The number of nitrogens with zero attached hydrogens (tertiary/aromatic N) is 7. The third-order valence-corrected chi connectivity index (χ3v) is 9.17. The van der Waals surface area contributed by atoms with E-state index < -0.39 is 10.0 Å². The van der Waals surface area contributed by atoms with Crippen LogP contribution in [0.5, 0.6) is 0 Å². The van der Waals surface area contributed by atoms with Crippen molar-refractivity contribution in [1.29, 1.82) is 0 Å². The number of pyridine rings is 1. The minimum absolute atomic E-state index is 0.0761. The van der Waals surface area contributed by atoms with Crippen molar-refractivity contribution in [1.82, 2.24) is 28.4 Å². The topological polar surface area (TPSA) is 96.6 Å². The highest BCUT2D eigenvalue weighted by Crippen LogP contribution is 2.32. The molecule has 2 aromatic carbocycles. The quantitative estimate of drug-likeness (QED) is 0.332. The SMILES string of the molecule is Cc1nc2cnccc2n1N1CCN(S(=O)(=O)c2cn(C(=O)N(C)C)c3cc(-c4ccc(F)cc4)ccc23)CC1. The van der Waals surface area contributed by atoms with E-state index in [-0.39, 0.29) is 29.8 Å². The summed E-state index contributed by atoms with van der Waals surface area (Å²) in [5, 5.41) is 2.54. The van der Waals surface area contributed by atoms with Gasteiger partial charge >= 0.3 is 6.03 Å². The van der Waals surface area contributed by atoms with Gasteiger partial charge in [0.25, 0.3) is 0 Å². The molecular weight excluding hydrogens is 533 g/mol. The second-order valence-corrected chi connectivity index (χ2v) is 11.9. The molecule has 5 aromatic rings. The maximum Gasteiger partial charge on any atom is 0.328 e. The van der Waals surface area contributed by atoms with Crippen molar-refractivity contribution in [3.8, 4) is 11.1 Å². The highest BCUT2D eigenvalue weighted by Gasteiger charge is 2.33. The number of aromatic nitrogens is 4. The van der Waals surface area contributed by atoms with Crippen LogP contribution < -0.4 is 5.01 Å². The monoisotopic (exact) mass is 561 g/mol. The van der Waals surface area contributed by atoms with Crippen molar-refractivity contribution in [2.45, 2.75) is 11.8 Å². The third-order valence-electron chi connectivity index (χ3n) is 7.25. The number of aryl methyl sites for hydroxylation is 1. The van der Waals surface area contributed by atoms with Crippen LogP contribution in [-0.2, 0) is 10.0 Å². The van der Waals surface area contributed by atoms with Crippen molar-refractivity contribution < 1.29 is 17.6 Å². The van der Waals surface area contributed by atoms with Gasteiger partial charge in [0.05, 0.1) is 17.2 Å². The van der Waals surface area contributed by atoms with Crippen LogP contribution in [-0.4, -0.2) is 83.1 Å². The Morgan fingerprint density at radius 1 is 0.950 bits per heavy atom.